The van der Waals surface area contributed by atoms with Crippen LogP contribution < -0.4 is 15.2 Å². The second kappa shape index (κ2) is 8.97. The lowest BCUT2D eigenvalue weighted by atomic mass is 10.0. The highest BCUT2D eigenvalue weighted by Gasteiger charge is 2.30. The van der Waals surface area contributed by atoms with E-state index in [1.807, 2.05) is 19.1 Å². The van der Waals surface area contributed by atoms with Gasteiger partial charge in [0.1, 0.15) is 0 Å². The van der Waals surface area contributed by atoms with Gasteiger partial charge in [0.25, 0.3) is 0 Å². The summed E-state index contributed by atoms with van der Waals surface area (Å²) in [6, 6.07) is 12.5. The molecule has 28 heavy (non-hydrogen) atoms. The van der Waals surface area contributed by atoms with Crippen molar-refractivity contribution in [3.05, 3.63) is 53.6 Å². The summed E-state index contributed by atoms with van der Waals surface area (Å²) in [5.74, 6) is 0.736. The van der Waals surface area contributed by atoms with Gasteiger partial charge >= 0.3 is 5.24 Å². The monoisotopic (exact) mass is 403 g/mol. The van der Waals surface area contributed by atoms with Crippen LogP contribution in [-0.4, -0.2) is 35.2 Å². The molecule has 1 unspecified atom stereocenters. The fourth-order valence-electron chi connectivity index (χ4n) is 2.89. The summed E-state index contributed by atoms with van der Waals surface area (Å²) in [5.41, 5.74) is 8.90. The molecule has 1 heterocycles. The zero-order chi connectivity index (χ0) is 20.1. The van der Waals surface area contributed by atoms with Gasteiger partial charge in [0.15, 0.2) is 11.5 Å². The summed E-state index contributed by atoms with van der Waals surface area (Å²) < 4.78 is 22.8. The predicted octanol–water partition coefficient (Wildman–Crippen LogP) is 4.43. The van der Waals surface area contributed by atoms with Gasteiger partial charge in [0, 0.05) is 11.3 Å². The van der Waals surface area contributed by atoms with E-state index >= 15 is 0 Å². The second-order valence-electron chi connectivity index (χ2n) is 6.18. The highest BCUT2D eigenvalue weighted by Crippen LogP contribution is 2.33. The van der Waals surface area contributed by atoms with Crippen LogP contribution in [-0.2, 0) is 6.54 Å². The van der Waals surface area contributed by atoms with E-state index in [0.717, 1.165) is 23.3 Å². The number of carbonyl (C=O) groups excluding carboxylic acids is 1. The highest BCUT2D eigenvalue weighted by atomic mass is 32.2. The minimum Gasteiger partial charge on any atom is -0.493 e. The summed E-state index contributed by atoms with van der Waals surface area (Å²) in [6.45, 7) is 1.42. The number of hydrogen-bond acceptors (Lipinski definition) is 6. The van der Waals surface area contributed by atoms with Crippen LogP contribution in [0.3, 0.4) is 0 Å². The Balaban J connectivity index is 1.94. The summed E-state index contributed by atoms with van der Waals surface area (Å²) in [5, 5.41) is 5.91. The number of nitrogens with zero attached hydrogens (tertiary/aromatic N) is 2. The molecule has 0 aliphatic carbocycles. The van der Waals surface area contributed by atoms with E-state index in [1.165, 1.54) is 23.9 Å². The summed E-state index contributed by atoms with van der Waals surface area (Å²) in [4.78, 5) is 12.5. The Labute approximate surface area is 167 Å². The molecule has 0 saturated heterocycles. The maximum absolute atomic E-state index is 12.5. The van der Waals surface area contributed by atoms with Crippen molar-refractivity contribution < 1.29 is 18.7 Å². The fraction of sp³-hybridized carbons (Fsp3) is 0.300. The number of benzene rings is 2. The molecule has 0 bridgehead atoms. The Bertz CT molecular complexity index is 873. The van der Waals surface area contributed by atoms with Crippen LogP contribution in [0.5, 0.6) is 11.5 Å². The van der Waals surface area contributed by atoms with Gasteiger partial charge in [0.05, 0.1) is 24.6 Å². The van der Waals surface area contributed by atoms with Crippen LogP contribution in [0.2, 0.25) is 0 Å². The van der Waals surface area contributed by atoms with Gasteiger partial charge in [0.2, 0.25) is 6.86 Å². The molecule has 3 rings (SSSR count). The molecule has 2 N–H and O–H groups in total. The lowest BCUT2D eigenvalue weighted by Gasteiger charge is -2.28. The maximum atomic E-state index is 12.5. The average Bonchev–Trinajstić information content (AvgIpc) is 2.71. The smallest absolute Gasteiger partial charge is 0.302 e. The van der Waals surface area contributed by atoms with Gasteiger partial charge in [-0.2, -0.15) is 5.10 Å². The number of nitrogens with two attached hydrogens (primary N) is 1. The van der Waals surface area contributed by atoms with Crippen molar-refractivity contribution in [3.8, 4) is 11.5 Å². The van der Waals surface area contributed by atoms with Crippen molar-refractivity contribution >= 4 is 28.4 Å². The molecule has 0 spiro atoms. The molecule has 0 aromatic heterocycles. The lowest BCUT2D eigenvalue weighted by Crippen LogP contribution is -2.34. The number of hydrogen-bond donors (Lipinski definition) is 1. The van der Waals surface area contributed by atoms with Crippen molar-refractivity contribution in [1.29, 1.82) is 0 Å². The van der Waals surface area contributed by atoms with Gasteiger partial charge in [-0.25, -0.2) is 9.40 Å². The van der Waals surface area contributed by atoms with Crippen molar-refractivity contribution in [3.63, 3.8) is 0 Å². The van der Waals surface area contributed by atoms with Crippen molar-refractivity contribution in [2.75, 3.05) is 19.7 Å². The number of halogens is 1. The van der Waals surface area contributed by atoms with Crippen LogP contribution in [0.15, 0.2) is 47.6 Å². The molecule has 6 nitrogen and oxygen atoms in total. The first-order valence-electron chi connectivity index (χ1n) is 8.84. The van der Waals surface area contributed by atoms with E-state index in [-0.39, 0.29) is 10.5 Å². The zero-order valence-electron chi connectivity index (χ0n) is 15.7. The Morgan fingerprint density at radius 3 is 2.61 bits per heavy atom. The molecular weight excluding hydrogens is 381 g/mol. The number of ether oxygens (including phenoxy) is 2. The minimum absolute atomic E-state index is 0.0761. The normalized spacial score (nSPS) is 16.7. The summed E-state index contributed by atoms with van der Waals surface area (Å²) >= 11 is 1.25. The van der Waals surface area contributed by atoms with Gasteiger partial charge < -0.3 is 15.2 Å². The quantitative estimate of drug-likeness (QED) is 0.692. The lowest BCUT2D eigenvalue weighted by molar-refractivity contribution is 0.184. The SMILES string of the molecule is CCC1SC(=O)N(Cc2ccc(N)cc2)N=C1c1ccc(OCF)c(OC)c1. The Hall–Kier alpha value is -2.74. The molecule has 1 aliphatic rings. The number of anilines is 1. The largest absolute Gasteiger partial charge is 0.493 e. The van der Waals surface area contributed by atoms with Gasteiger partial charge in [-0.15, -0.1) is 0 Å². The first-order valence-corrected chi connectivity index (χ1v) is 9.72. The minimum atomic E-state index is -0.937. The molecular formula is C20H22FN3O3S. The molecule has 2 aromatic rings. The van der Waals surface area contributed by atoms with Crippen LogP contribution in [0.1, 0.15) is 24.5 Å². The van der Waals surface area contributed by atoms with Crippen LogP contribution >= 0.6 is 11.8 Å². The standard InChI is InChI=1S/C20H22FN3O3S/c1-3-18-19(14-6-9-16(27-12-21)17(10-14)26-2)23-24(20(25)28-18)11-13-4-7-15(22)8-5-13/h4-10,18H,3,11-12,22H2,1-2H3. The van der Waals surface area contributed by atoms with E-state index in [9.17, 15) is 9.18 Å². The maximum Gasteiger partial charge on any atom is 0.302 e. The van der Waals surface area contributed by atoms with Crippen LogP contribution in [0.25, 0.3) is 0 Å². The molecule has 8 heteroatoms. The Morgan fingerprint density at radius 1 is 1.21 bits per heavy atom. The molecule has 1 atom stereocenters. The predicted molar refractivity (Wildman–Crippen MR) is 110 cm³/mol. The van der Waals surface area contributed by atoms with E-state index < -0.39 is 6.86 Å². The third kappa shape index (κ3) is 4.39. The van der Waals surface area contributed by atoms with Gasteiger partial charge in [-0.3, -0.25) is 4.79 Å². The number of amides is 1. The number of rotatable bonds is 7. The zero-order valence-corrected chi connectivity index (χ0v) is 16.5. The number of alkyl halides is 1. The third-order valence-corrected chi connectivity index (χ3v) is 5.59. The van der Waals surface area contributed by atoms with Gasteiger partial charge in [-0.1, -0.05) is 30.8 Å². The first-order chi connectivity index (χ1) is 13.5. The van der Waals surface area contributed by atoms with Crippen LogP contribution in [0, 0.1) is 0 Å². The van der Waals surface area contributed by atoms with Crippen molar-refractivity contribution in [2.24, 2.45) is 5.10 Å². The van der Waals surface area contributed by atoms with Crippen molar-refractivity contribution in [2.45, 2.75) is 25.1 Å². The van der Waals surface area contributed by atoms with Crippen LogP contribution in [0.4, 0.5) is 14.9 Å². The summed E-state index contributed by atoms with van der Waals surface area (Å²) in [7, 11) is 1.50. The van der Waals surface area contributed by atoms with Gasteiger partial charge in [-0.05, 0) is 42.3 Å². The molecule has 0 fully saturated rings. The molecule has 2 aromatic carbocycles. The van der Waals surface area contributed by atoms with E-state index in [1.54, 1.807) is 30.3 Å². The molecule has 0 saturated carbocycles. The number of carbonyl (C=O) groups is 1. The molecule has 1 amide bonds. The molecule has 0 radical (unpaired) electrons. The number of nitrogen functional groups attached to an aromatic ring is 1. The van der Waals surface area contributed by atoms with E-state index in [0.29, 0.717) is 23.7 Å². The molecule has 148 valence electrons. The van der Waals surface area contributed by atoms with Crippen molar-refractivity contribution in [1.82, 2.24) is 5.01 Å². The topological polar surface area (TPSA) is 77.2 Å². The highest BCUT2D eigenvalue weighted by molar-refractivity contribution is 8.14. The Kier molecular flexibility index (Phi) is 6.41. The fourth-order valence-corrected chi connectivity index (χ4v) is 3.83. The third-order valence-electron chi connectivity index (χ3n) is 4.34. The number of hydrazone groups is 1. The molecule has 1 aliphatic heterocycles. The Morgan fingerprint density at radius 2 is 1.96 bits per heavy atom. The summed E-state index contributed by atoms with van der Waals surface area (Å²) in [6.07, 6.45) is 0.746. The number of thioether (sulfide) groups is 1. The van der Waals surface area contributed by atoms with E-state index in [2.05, 4.69) is 5.10 Å². The number of methoxy groups -OCH3 is 1. The second-order valence-corrected chi connectivity index (χ2v) is 7.34. The van der Waals surface area contributed by atoms with E-state index in [4.69, 9.17) is 15.2 Å². The average molecular weight is 403 g/mol. The first kappa shape index (κ1) is 20.0.